The van der Waals surface area contributed by atoms with Gasteiger partial charge in [0.15, 0.2) is 0 Å². The van der Waals surface area contributed by atoms with Crippen molar-refractivity contribution in [2.45, 2.75) is 48.6 Å². The number of benzene rings is 6. The highest BCUT2D eigenvalue weighted by atomic mass is 35.5. The van der Waals surface area contributed by atoms with Crippen LogP contribution in [0.25, 0.3) is 0 Å². The number of rotatable bonds is 10. The summed E-state index contributed by atoms with van der Waals surface area (Å²) in [5.41, 5.74) is 3.45. The average Bonchev–Trinajstić information content (AvgIpc) is 3.13. The molecule has 0 saturated heterocycles. The van der Waals surface area contributed by atoms with E-state index in [1.54, 1.807) is 72.8 Å². The molecule has 0 unspecified atom stereocenters. The SMILES string of the molecule is Cc1ccc(S(=O)(=O)N[C@@](C)(c2ccccc2)c2ccc(Cl)cc2)cc1.Cc1ccc(S(=O)(=O)N[C@@](C)(c2ccccc2)c2ccc(Cl)cc2)cc1. The monoisotopic (exact) mass is 770 g/mol. The van der Waals surface area contributed by atoms with E-state index >= 15 is 0 Å². The predicted molar refractivity (Wildman–Crippen MR) is 212 cm³/mol. The smallest absolute Gasteiger partial charge is 0.207 e. The molecule has 0 aliphatic rings. The quantitative estimate of drug-likeness (QED) is 0.145. The first-order valence-electron chi connectivity index (χ1n) is 16.5. The van der Waals surface area contributed by atoms with Crippen molar-refractivity contribution in [1.82, 2.24) is 9.44 Å². The van der Waals surface area contributed by atoms with E-state index in [0.717, 1.165) is 33.4 Å². The number of nitrogens with one attached hydrogen (secondary N) is 2. The molecule has 2 atom stereocenters. The van der Waals surface area contributed by atoms with E-state index in [2.05, 4.69) is 9.44 Å². The van der Waals surface area contributed by atoms with Crippen LogP contribution in [0.15, 0.2) is 168 Å². The fraction of sp³-hybridized carbons (Fsp3) is 0.143. The van der Waals surface area contributed by atoms with Crippen LogP contribution in [0.1, 0.15) is 47.2 Å². The van der Waals surface area contributed by atoms with Gasteiger partial charge in [-0.3, -0.25) is 0 Å². The molecule has 52 heavy (non-hydrogen) atoms. The zero-order valence-corrected chi connectivity index (χ0v) is 32.4. The Morgan fingerprint density at radius 2 is 0.673 bits per heavy atom. The summed E-state index contributed by atoms with van der Waals surface area (Å²) in [7, 11) is -7.45. The number of sulfonamides is 2. The molecule has 0 aliphatic heterocycles. The van der Waals surface area contributed by atoms with Crippen LogP contribution in [-0.2, 0) is 31.1 Å². The van der Waals surface area contributed by atoms with Gasteiger partial charge in [-0.05, 0) is 98.5 Å². The highest BCUT2D eigenvalue weighted by Gasteiger charge is 2.35. The maximum atomic E-state index is 13.0. The molecule has 0 radical (unpaired) electrons. The Kier molecular flexibility index (Phi) is 12.1. The minimum absolute atomic E-state index is 0.235. The zero-order chi connectivity index (χ0) is 37.6. The Labute approximate surface area is 317 Å². The summed E-state index contributed by atoms with van der Waals surface area (Å²) in [6.45, 7) is 7.56. The minimum Gasteiger partial charge on any atom is -0.207 e. The topological polar surface area (TPSA) is 92.3 Å². The van der Waals surface area contributed by atoms with Gasteiger partial charge in [0.25, 0.3) is 0 Å². The second-order valence-electron chi connectivity index (χ2n) is 12.8. The number of halogens is 2. The maximum Gasteiger partial charge on any atom is 0.241 e. The van der Waals surface area contributed by atoms with Crippen molar-refractivity contribution in [2.24, 2.45) is 0 Å². The molecule has 0 fully saturated rings. The van der Waals surface area contributed by atoms with Crippen molar-refractivity contribution in [2.75, 3.05) is 0 Å². The third-order valence-electron chi connectivity index (χ3n) is 8.88. The zero-order valence-electron chi connectivity index (χ0n) is 29.2. The first kappa shape index (κ1) is 38.9. The van der Waals surface area contributed by atoms with Gasteiger partial charge in [-0.25, -0.2) is 16.8 Å². The van der Waals surface area contributed by atoms with E-state index < -0.39 is 31.1 Å². The number of aryl methyl sites for hydroxylation is 2. The minimum atomic E-state index is -3.72. The highest BCUT2D eigenvalue weighted by molar-refractivity contribution is 7.89. The lowest BCUT2D eigenvalue weighted by molar-refractivity contribution is 0.501. The van der Waals surface area contributed by atoms with Crippen molar-refractivity contribution >= 4 is 43.2 Å². The Balaban J connectivity index is 0.000000201. The van der Waals surface area contributed by atoms with Gasteiger partial charge in [0.05, 0.1) is 20.9 Å². The van der Waals surface area contributed by atoms with Gasteiger partial charge in [-0.15, -0.1) is 0 Å². The van der Waals surface area contributed by atoms with Gasteiger partial charge in [-0.2, -0.15) is 9.44 Å². The molecule has 6 rings (SSSR count). The maximum absolute atomic E-state index is 13.0. The fourth-order valence-electron chi connectivity index (χ4n) is 5.77. The van der Waals surface area contributed by atoms with Crippen LogP contribution in [0.3, 0.4) is 0 Å². The molecular weight excluding hydrogens is 732 g/mol. The molecule has 0 aromatic heterocycles. The van der Waals surface area contributed by atoms with Gasteiger partial charge in [-0.1, -0.05) is 144 Å². The molecule has 0 bridgehead atoms. The van der Waals surface area contributed by atoms with Crippen LogP contribution in [-0.4, -0.2) is 16.8 Å². The van der Waals surface area contributed by atoms with Gasteiger partial charge >= 0.3 is 0 Å². The van der Waals surface area contributed by atoms with E-state index in [-0.39, 0.29) is 9.79 Å². The Bertz CT molecular complexity index is 2140. The molecule has 268 valence electrons. The van der Waals surface area contributed by atoms with E-state index in [9.17, 15) is 16.8 Å². The molecule has 0 aliphatic carbocycles. The Morgan fingerprint density at radius 1 is 0.404 bits per heavy atom. The molecule has 6 aromatic carbocycles. The third kappa shape index (κ3) is 9.19. The summed E-state index contributed by atoms with van der Waals surface area (Å²) in [6, 6.07) is 47.0. The summed E-state index contributed by atoms with van der Waals surface area (Å²) in [6.07, 6.45) is 0. The normalized spacial score (nSPS) is 14.0. The van der Waals surface area contributed by atoms with Crippen molar-refractivity contribution < 1.29 is 16.8 Å². The summed E-state index contributed by atoms with van der Waals surface area (Å²) in [5.74, 6) is 0. The van der Waals surface area contributed by atoms with Crippen molar-refractivity contribution in [1.29, 1.82) is 0 Å². The average molecular weight is 772 g/mol. The number of hydrogen-bond acceptors (Lipinski definition) is 4. The number of hydrogen-bond donors (Lipinski definition) is 2. The second kappa shape index (κ2) is 16.2. The van der Waals surface area contributed by atoms with Gasteiger partial charge < -0.3 is 0 Å². The first-order chi connectivity index (χ1) is 24.6. The summed E-state index contributed by atoms with van der Waals surface area (Å²) in [4.78, 5) is 0.471. The molecule has 6 aromatic rings. The van der Waals surface area contributed by atoms with E-state index in [1.807, 2.05) is 113 Å². The van der Waals surface area contributed by atoms with Crippen LogP contribution in [0.2, 0.25) is 10.0 Å². The van der Waals surface area contributed by atoms with E-state index in [4.69, 9.17) is 23.2 Å². The van der Waals surface area contributed by atoms with Crippen LogP contribution >= 0.6 is 23.2 Å². The molecule has 0 saturated carbocycles. The summed E-state index contributed by atoms with van der Waals surface area (Å²) < 4.78 is 57.9. The lowest BCUT2D eigenvalue weighted by Gasteiger charge is -2.32. The van der Waals surface area contributed by atoms with Crippen molar-refractivity contribution in [3.8, 4) is 0 Å². The van der Waals surface area contributed by atoms with Crippen molar-refractivity contribution in [3.63, 3.8) is 0 Å². The van der Waals surface area contributed by atoms with Crippen LogP contribution < -0.4 is 9.44 Å². The fourth-order valence-corrected chi connectivity index (χ4v) is 8.79. The third-order valence-corrected chi connectivity index (χ3v) is 12.5. The van der Waals surface area contributed by atoms with Crippen LogP contribution in [0.5, 0.6) is 0 Å². The molecule has 10 heteroatoms. The lowest BCUT2D eigenvalue weighted by Crippen LogP contribution is -2.44. The summed E-state index contributed by atoms with van der Waals surface area (Å²) >= 11 is 12.0. The standard InChI is InChI=1S/2C21H20ClNO2S/c2*1-16-8-14-20(15-9-16)26(24,25)23-21(2,17-6-4-3-5-7-17)18-10-12-19(22)13-11-18/h2*3-15,23H,1-2H3/t2*21-/m00/s1. The molecule has 0 amide bonds. The van der Waals surface area contributed by atoms with Crippen molar-refractivity contribution in [3.05, 3.63) is 201 Å². The molecule has 0 heterocycles. The van der Waals surface area contributed by atoms with Crippen LogP contribution in [0.4, 0.5) is 0 Å². The Morgan fingerprint density at radius 3 is 0.962 bits per heavy atom. The second-order valence-corrected chi connectivity index (χ2v) is 17.1. The predicted octanol–water partition coefficient (Wildman–Crippen LogP) is 9.78. The first-order valence-corrected chi connectivity index (χ1v) is 20.2. The largest absolute Gasteiger partial charge is 0.241 e. The van der Waals surface area contributed by atoms with E-state index in [1.165, 1.54) is 0 Å². The molecular formula is C42H40Cl2N2O4S2. The molecule has 6 nitrogen and oxygen atoms in total. The molecule has 2 N–H and O–H groups in total. The van der Waals surface area contributed by atoms with E-state index in [0.29, 0.717) is 10.0 Å². The highest BCUT2D eigenvalue weighted by Crippen LogP contribution is 2.33. The van der Waals surface area contributed by atoms with Gasteiger partial charge in [0.1, 0.15) is 0 Å². The summed E-state index contributed by atoms with van der Waals surface area (Å²) in [5, 5.41) is 1.20. The Hall–Kier alpha value is -4.28. The lowest BCUT2D eigenvalue weighted by atomic mass is 9.86. The van der Waals surface area contributed by atoms with Gasteiger partial charge in [0.2, 0.25) is 20.0 Å². The van der Waals surface area contributed by atoms with Crippen LogP contribution in [0, 0.1) is 13.8 Å². The van der Waals surface area contributed by atoms with Gasteiger partial charge in [0, 0.05) is 10.0 Å². The molecule has 0 spiro atoms.